The molecule has 22 heavy (non-hydrogen) atoms. The Hall–Kier alpha value is -1.55. The lowest BCUT2D eigenvalue weighted by molar-refractivity contribution is -0.116. The zero-order valence-corrected chi connectivity index (χ0v) is 14.2. The van der Waals surface area contributed by atoms with Crippen LogP contribution < -0.4 is 10.1 Å². The van der Waals surface area contributed by atoms with Gasteiger partial charge in [-0.3, -0.25) is 9.59 Å². The highest BCUT2D eigenvalue weighted by Gasteiger charge is 2.13. The number of rotatable bonds is 9. The largest absolute Gasteiger partial charge is 0.492 e. The number of halogens is 1. The number of anilines is 1. The second-order valence-electron chi connectivity index (χ2n) is 5.51. The van der Waals surface area contributed by atoms with E-state index in [1.54, 1.807) is 18.2 Å². The van der Waals surface area contributed by atoms with E-state index < -0.39 is 0 Å². The van der Waals surface area contributed by atoms with Gasteiger partial charge in [-0.1, -0.05) is 13.8 Å². The summed E-state index contributed by atoms with van der Waals surface area (Å²) in [7, 11) is 0. The third kappa shape index (κ3) is 6.06. The van der Waals surface area contributed by atoms with Gasteiger partial charge in [0, 0.05) is 24.3 Å². The second-order valence-corrected chi connectivity index (χ2v) is 5.88. The van der Waals surface area contributed by atoms with Crippen LogP contribution in [0.5, 0.6) is 5.75 Å². The van der Waals surface area contributed by atoms with Crippen molar-refractivity contribution in [3.05, 3.63) is 23.8 Å². The van der Waals surface area contributed by atoms with Gasteiger partial charge in [0.25, 0.3) is 0 Å². The molecular weight excluding hydrogens is 302 g/mol. The minimum Gasteiger partial charge on any atom is -0.492 e. The molecule has 0 aliphatic rings. The zero-order valence-electron chi connectivity index (χ0n) is 13.4. The van der Waals surface area contributed by atoms with Crippen molar-refractivity contribution < 1.29 is 14.3 Å². The van der Waals surface area contributed by atoms with E-state index in [2.05, 4.69) is 5.32 Å². The topological polar surface area (TPSA) is 55.4 Å². The van der Waals surface area contributed by atoms with Gasteiger partial charge in [-0.05, 0) is 37.5 Å². The van der Waals surface area contributed by atoms with Crippen LogP contribution in [-0.2, 0) is 4.79 Å². The molecule has 0 unspecified atom stereocenters. The molecule has 0 aromatic heterocycles. The number of carbonyl (C=O) groups is 2. The van der Waals surface area contributed by atoms with Gasteiger partial charge in [0.05, 0.1) is 12.3 Å². The molecule has 1 aromatic carbocycles. The maximum absolute atomic E-state index is 12.0. The first-order valence-electron chi connectivity index (χ1n) is 7.63. The number of benzene rings is 1. The molecule has 1 aromatic rings. The molecule has 0 aliphatic heterocycles. The van der Waals surface area contributed by atoms with Crippen molar-refractivity contribution >= 4 is 29.0 Å². The summed E-state index contributed by atoms with van der Waals surface area (Å²) in [4.78, 5) is 23.9. The fraction of sp³-hybridized carbons (Fsp3) is 0.529. The molecule has 1 N–H and O–H groups in total. The number of amides is 1. The van der Waals surface area contributed by atoms with Gasteiger partial charge in [-0.15, -0.1) is 11.6 Å². The molecule has 0 aliphatic carbocycles. The maximum Gasteiger partial charge on any atom is 0.224 e. The molecule has 0 atom stereocenters. The molecule has 0 saturated heterocycles. The third-order valence-electron chi connectivity index (χ3n) is 3.01. The number of Topliss-reactive ketones (excluding diaryl/α,β-unsaturated/α-hetero) is 1. The van der Waals surface area contributed by atoms with Gasteiger partial charge in [-0.2, -0.15) is 0 Å². The summed E-state index contributed by atoms with van der Waals surface area (Å²) in [6.45, 7) is 6.30. The first-order chi connectivity index (χ1) is 10.5. The van der Waals surface area contributed by atoms with Crippen LogP contribution in [0.4, 0.5) is 5.69 Å². The molecule has 1 rings (SSSR count). The minimum absolute atomic E-state index is 0.0293. The first kappa shape index (κ1) is 18.5. The molecule has 0 bridgehead atoms. The Kier molecular flexibility index (Phi) is 7.96. The predicted octanol–water partition coefficient (Wildman–Crippen LogP) is 4.27. The van der Waals surface area contributed by atoms with Gasteiger partial charge in [0.15, 0.2) is 5.78 Å². The number of nitrogens with one attached hydrogen (secondary N) is 1. The SMILES string of the molecule is CCOc1cc(C(=O)CCCCl)ccc1NC(=O)CC(C)C. The summed E-state index contributed by atoms with van der Waals surface area (Å²) >= 11 is 5.61. The molecule has 0 fully saturated rings. The monoisotopic (exact) mass is 325 g/mol. The summed E-state index contributed by atoms with van der Waals surface area (Å²) in [6.07, 6.45) is 1.51. The highest BCUT2D eigenvalue weighted by atomic mass is 35.5. The first-order valence-corrected chi connectivity index (χ1v) is 8.17. The van der Waals surface area contributed by atoms with Crippen molar-refractivity contribution in [3.8, 4) is 5.75 Å². The Balaban J connectivity index is 2.89. The molecule has 0 saturated carbocycles. The lowest BCUT2D eigenvalue weighted by Crippen LogP contribution is -2.15. The normalized spacial score (nSPS) is 10.6. The van der Waals surface area contributed by atoms with Gasteiger partial charge >= 0.3 is 0 Å². The number of hydrogen-bond acceptors (Lipinski definition) is 3. The van der Waals surface area contributed by atoms with E-state index in [4.69, 9.17) is 16.3 Å². The fourth-order valence-electron chi connectivity index (χ4n) is 2.02. The quantitative estimate of drug-likeness (QED) is 0.545. The number of ketones is 1. The smallest absolute Gasteiger partial charge is 0.224 e. The zero-order chi connectivity index (χ0) is 16.5. The van der Waals surface area contributed by atoms with Crippen molar-refractivity contribution in [1.29, 1.82) is 0 Å². The number of alkyl halides is 1. The van der Waals surface area contributed by atoms with Crippen LogP contribution in [0.2, 0.25) is 0 Å². The van der Waals surface area contributed by atoms with Gasteiger partial charge in [0.1, 0.15) is 5.75 Å². The van der Waals surface area contributed by atoms with Crippen LogP contribution in [0.15, 0.2) is 18.2 Å². The van der Waals surface area contributed by atoms with Crippen molar-refractivity contribution in [3.63, 3.8) is 0 Å². The molecule has 0 radical (unpaired) electrons. The van der Waals surface area contributed by atoms with Crippen molar-refractivity contribution in [2.75, 3.05) is 17.8 Å². The summed E-state index contributed by atoms with van der Waals surface area (Å²) < 4.78 is 5.55. The van der Waals surface area contributed by atoms with Crippen LogP contribution >= 0.6 is 11.6 Å². The van der Waals surface area contributed by atoms with E-state index in [9.17, 15) is 9.59 Å². The maximum atomic E-state index is 12.0. The van der Waals surface area contributed by atoms with Crippen LogP contribution in [0.25, 0.3) is 0 Å². The average Bonchev–Trinajstić information content (AvgIpc) is 2.46. The molecule has 4 nitrogen and oxygen atoms in total. The van der Waals surface area contributed by atoms with E-state index in [0.717, 1.165) is 0 Å². The van der Waals surface area contributed by atoms with E-state index >= 15 is 0 Å². The fourth-order valence-corrected chi connectivity index (χ4v) is 2.15. The van der Waals surface area contributed by atoms with Gasteiger partial charge in [0.2, 0.25) is 5.91 Å². The van der Waals surface area contributed by atoms with Crippen LogP contribution in [0, 0.1) is 5.92 Å². The summed E-state index contributed by atoms with van der Waals surface area (Å²) in [5.74, 6) is 1.25. The molecule has 1 amide bonds. The number of hydrogen-bond donors (Lipinski definition) is 1. The third-order valence-corrected chi connectivity index (χ3v) is 3.28. The Bertz CT molecular complexity index is 515. The van der Waals surface area contributed by atoms with Crippen LogP contribution in [-0.4, -0.2) is 24.2 Å². The summed E-state index contributed by atoms with van der Waals surface area (Å²) in [6, 6.07) is 5.12. The van der Waals surface area contributed by atoms with E-state index in [-0.39, 0.29) is 17.6 Å². The summed E-state index contributed by atoms with van der Waals surface area (Å²) in [5, 5.41) is 2.84. The number of ether oxygens (including phenoxy) is 1. The van der Waals surface area contributed by atoms with Gasteiger partial charge in [-0.25, -0.2) is 0 Å². The highest BCUT2D eigenvalue weighted by Crippen LogP contribution is 2.27. The molecule has 0 spiro atoms. The van der Waals surface area contributed by atoms with Crippen molar-refractivity contribution in [1.82, 2.24) is 0 Å². The number of carbonyl (C=O) groups excluding carboxylic acids is 2. The van der Waals surface area contributed by atoms with Crippen molar-refractivity contribution in [2.24, 2.45) is 5.92 Å². The molecule has 0 heterocycles. The minimum atomic E-state index is -0.0582. The molecule has 122 valence electrons. The predicted molar refractivity (Wildman–Crippen MR) is 90.0 cm³/mol. The Labute approximate surface area is 137 Å². The molecular formula is C17H24ClNO3. The molecule has 5 heteroatoms. The Morgan fingerprint density at radius 2 is 2.05 bits per heavy atom. The standard InChI is InChI=1S/C17H24ClNO3/c1-4-22-16-11-13(15(20)6-5-9-18)7-8-14(16)19-17(21)10-12(2)3/h7-8,11-12H,4-6,9-10H2,1-3H3,(H,19,21). The summed E-state index contributed by atoms with van der Waals surface area (Å²) in [5.41, 5.74) is 1.18. The average molecular weight is 326 g/mol. The second kappa shape index (κ2) is 9.46. The van der Waals surface area contributed by atoms with E-state index in [1.807, 2.05) is 20.8 Å². The van der Waals surface area contributed by atoms with Crippen LogP contribution in [0.3, 0.4) is 0 Å². The Morgan fingerprint density at radius 1 is 1.32 bits per heavy atom. The highest BCUT2D eigenvalue weighted by molar-refractivity contribution is 6.18. The lowest BCUT2D eigenvalue weighted by Gasteiger charge is -2.13. The lowest BCUT2D eigenvalue weighted by atomic mass is 10.1. The van der Waals surface area contributed by atoms with E-state index in [0.29, 0.717) is 48.7 Å². The van der Waals surface area contributed by atoms with Crippen molar-refractivity contribution in [2.45, 2.75) is 40.0 Å². The van der Waals surface area contributed by atoms with E-state index in [1.165, 1.54) is 0 Å². The Morgan fingerprint density at radius 3 is 2.64 bits per heavy atom. The van der Waals surface area contributed by atoms with Gasteiger partial charge < -0.3 is 10.1 Å². The van der Waals surface area contributed by atoms with Crippen LogP contribution in [0.1, 0.15) is 50.4 Å².